The molecule has 0 fully saturated rings. The molecule has 1 aromatic heterocycles. The van der Waals surface area contributed by atoms with Gasteiger partial charge in [0.05, 0.1) is 26.6 Å². The van der Waals surface area contributed by atoms with Crippen LogP contribution in [0.25, 0.3) is 0 Å². The Hall–Kier alpha value is -3.61. The third kappa shape index (κ3) is 4.97. The molecule has 7 heteroatoms. The maximum Gasteiger partial charge on any atom is 0.271 e. The average molecular weight is 378 g/mol. The number of para-hydroxylation sites is 1. The molecule has 3 aromatic rings. The van der Waals surface area contributed by atoms with Crippen molar-refractivity contribution in [1.29, 1.82) is 0 Å². The Balaban J connectivity index is 1.53. The normalized spacial score (nSPS) is 10.2. The number of amides is 1. The van der Waals surface area contributed by atoms with Crippen LogP contribution in [0.4, 0.5) is 5.82 Å². The highest BCUT2D eigenvalue weighted by Crippen LogP contribution is 2.17. The van der Waals surface area contributed by atoms with Gasteiger partial charge in [-0.3, -0.25) is 4.79 Å². The first kappa shape index (κ1) is 19.2. The largest absolute Gasteiger partial charge is 0.497 e. The number of nitrogens with zero attached hydrogens (tertiary/aromatic N) is 2. The van der Waals surface area contributed by atoms with Crippen LogP contribution in [0.5, 0.6) is 11.5 Å². The highest BCUT2D eigenvalue weighted by molar-refractivity contribution is 5.92. The lowest BCUT2D eigenvalue weighted by Gasteiger charge is -2.10. The number of aromatic nitrogens is 2. The molecule has 7 nitrogen and oxygen atoms in total. The molecule has 0 unspecified atom stereocenters. The second-order valence-corrected chi connectivity index (χ2v) is 5.98. The lowest BCUT2D eigenvalue weighted by Crippen LogP contribution is -2.24. The first-order valence-electron chi connectivity index (χ1n) is 8.78. The smallest absolute Gasteiger partial charge is 0.271 e. The zero-order valence-corrected chi connectivity index (χ0v) is 15.8. The molecule has 0 saturated carbocycles. The Morgan fingerprint density at radius 2 is 1.71 bits per heavy atom. The van der Waals surface area contributed by atoms with E-state index in [1.54, 1.807) is 20.4 Å². The van der Waals surface area contributed by atoms with Crippen molar-refractivity contribution >= 4 is 11.7 Å². The van der Waals surface area contributed by atoms with Crippen molar-refractivity contribution in [3.63, 3.8) is 0 Å². The third-order valence-corrected chi connectivity index (χ3v) is 4.15. The molecule has 1 heterocycles. The number of nitrogens with one attached hydrogen (secondary N) is 2. The maximum absolute atomic E-state index is 12.3. The molecule has 144 valence electrons. The van der Waals surface area contributed by atoms with Gasteiger partial charge in [0.15, 0.2) is 0 Å². The average Bonchev–Trinajstić information content (AvgIpc) is 2.77. The topological polar surface area (TPSA) is 85.4 Å². The van der Waals surface area contributed by atoms with E-state index >= 15 is 0 Å². The van der Waals surface area contributed by atoms with E-state index in [1.807, 2.05) is 48.5 Å². The summed E-state index contributed by atoms with van der Waals surface area (Å²) in [5.41, 5.74) is 2.23. The summed E-state index contributed by atoms with van der Waals surface area (Å²) in [5, 5.41) is 6.00. The predicted octanol–water partition coefficient (Wildman–Crippen LogP) is 3.04. The summed E-state index contributed by atoms with van der Waals surface area (Å²) in [7, 11) is 3.24. The van der Waals surface area contributed by atoms with Gasteiger partial charge in [-0.2, -0.15) is 0 Å². The summed E-state index contributed by atoms with van der Waals surface area (Å²) in [4.78, 5) is 20.7. The minimum atomic E-state index is -0.292. The molecule has 0 saturated heterocycles. The fourth-order valence-corrected chi connectivity index (χ4v) is 2.59. The predicted molar refractivity (Wildman–Crippen MR) is 107 cm³/mol. The summed E-state index contributed by atoms with van der Waals surface area (Å²) in [6, 6.07) is 15.3. The number of carbonyl (C=O) groups is 1. The monoisotopic (exact) mass is 378 g/mol. The van der Waals surface area contributed by atoms with Crippen LogP contribution in [-0.2, 0) is 13.1 Å². The van der Waals surface area contributed by atoms with Crippen LogP contribution < -0.4 is 20.1 Å². The van der Waals surface area contributed by atoms with Crippen molar-refractivity contribution in [3.05, 3.63) is 77.7 Å². The molecule has 0 bridgehead atoms. The zero-order chi connectivity index (χ0) is 19.8. The summed E-state index contributed by atoms with van der Waals surface area (Å²) in [6.45, 7) is 0.944. The first-order valence-corrected chi connectivity index (χ1v) is 8.78. The molecular formula is C21H22N4O3. The summed E-state index contributed by atoms with van der Waals surface area (Å²) in [6.07, 6.45) is 3.00. The molecule has 28 heavy (non-hydrogen) atoms. The molecule has 0 spiro atoms. The van der Waals surface area contributed by atoms with Crippen LogP contribution in [0.1, 0.15) is 21.6 Å². The van der Waals surface area contributed by atoms with E-state index in [9.17, 15) is 4.79 Å². The summed E-state index contributed by atoms with van der Waals surface area (Å²) >= 11 is 0. The molecule has 0 radical (unpaired) electrons. The molecule has 0 aliphatic heterocycles. The number of hydrogen-bond acceptors (Lipinski definition) is 6. The molecule has 0 atom stereocenters. The molecule has 0 aliphatic carbocycles. The van der Waals surface area contributed by atoms with Crippen LogP contribution in [-0.4, -0.2) is 30.1 Å². The van der Waals surface area contributed by atoms with E-state index in [0.717, 1.165) is 22.6 Å². The van der Waals surface area contributed by atoms with Gasteiger partial charge in [-0.15, -0.1) is 0 Å². The van der Waals surface area contributed by atoms with Crippen molar-refractivity contribution in [2.24, 2.45) is 0 Å². The van der Waals surface area contributed by atoms with Crippen molar-refractivity contribution < 1.29 is 14.3 Å². The SMILES string of the molecule is COc1ccc(CNc2cnc(C(=O)NCc3ccccc3OC)cn2)cc1. The Morgan fingerprint density at radius 1 is 0.929 bits per heavy atom. The Labute approximate surface area is 163 Å². The molecule has 2 N–H and O–H groups in total. The second-order valence-electron chi connectivity index (χ2n) is 5.98. The van der Waals surface area contributed by atoms with E-state index in [0.29, 0.717) is 18.9 Å². The molecule has 0 aliphatic rings. The molecular weight excluding hydrogens is 356 g/mol. The van der Waals surface area contributed by atoms with Gasteiger partial charge in [-0.25, -0.2) is 9.97 Å². The second kappa shape index (κ2) is 9.36. The van der Waals surface area contributed by atoms with Crippen molar-refractivity contribution in [1.82, 2.24) is 15.3 Å². The lowest BCUT2D eigenvalue weighted by molar-refractivity contribution is 0.0945. The van der Waals surface area contributed by atoms with Crippen molar-refractivity contribution in [3.8, 4) is 11.5 Å². The fraction of sp³-hybridized carbons (Fsp3) is 0.190. The Bertz CT molecular complexity index is 912. The van der Waals surface area contributed by atoms with E-state index in [1.165, 1.54) is 6.20 Å². The molecule has 2 aromatic carbocycles. The Kier molecular flexibility index (Phi) is 6.41. The van der Waals surface area contributed by atoms with Gasteiger partial charge >= 0.3 is 0 Å². The Morgan fingerprint density at radius 3 is 2.39 bits per heavy atom. The summed E-state index contributed by atoms with van der Waals surface area (Å²) in [5.74, 6) is 1.84. The van der Waals surface area contributed by atoms with Crippen molar-refractivity contribution in [2.45, 2.75) is 13.1 Å². The van der Waals surface area contributed by atoms with Gasteiger partial charge in [0.25, 0.3) is 5.91 Å². The highest BCUT2D eigenvalue weighted by Gasteiger charge is 2.09. The third-order valence-electron chi connectivity index (χ3n) is 4.15. The fourth-order valence-electron chi connectivity index (χ4n) is 2.59. The number of carbonyl (C=O) groups excluding carboxylic acids is 1. The van der Waals surface area contributed by atoms with Gasteiger partial charge in [0.2, 0.25) is 0 Å². The van der Waals surface area contributed by atoms with Gasteiger partial charge < -0.3 is 20.1 Å². The quantitative estimate of drug-likeness (QED) is 0.627. The molecule has 3 rings (SSSR count). The molecule has 1 amide bonds. The van der Waals surface area contributed by atoms with Crippen molar-refractivity contribution in [2.75, 3.05) is 19.5 Å². The van der Waals surface area contributed by atoms with Crippen LogP contribution in [0.2, 0.25) is 0 Å². The van der Waals surface area contributed by atoms with E-state index < -0.39 is 0 Å². The van der Waals surface area contributed by atoms with Crippen LogP contribution in [0.15, 0.2) is 60.9 Å². The van der Waals surface area contributed by atoms with Crippen LogP contribution in [0, 0.1) is 0 Å². The van der Waals surface area contributed by atoms with E-state index in [4.69, 9.17) is 9.47 Å². The minimum Gasteiger partial charge on any atom is -0.497 e. The van der Waals surface area contributed by atoms with Crippen LogP contribution in [0.3, 0.4) is 0 Å². The zero-order valence-electron chi connectivity index (χ0n) is 15.8. The number of anilines is 1. The number of hydrogen-bond donors (Lipinski definition) is 2. The minimum absolute atomic E-state index is 0.255. The first-order chi connectivity index (χ1) is 13.7. The standard InChI is InChI=1S/C21H22N4O3/c1-27-17-9-7-15(8-10-17)11-23-20-14-22-18(13-24-20)21(26)25-12-16-5-3-4-6-19(16)28-2/h3-10,13-14H,11-12H2,1-2H3,(H,23,24)(H,25,26). The number of rotatable bonds is 8. The maximum atomic E-state index is 12.3. The van der Waals surface area contributed by atoms with Gasteiger partial charge in [0.1, 0.15) is 23.0 Å². The number of benzene rings is 2. The van der Waals surface area contributed by atoms with Gasteiger partial charge in [-0.05, 0) is 23.8 Å². The number of methoxy groups -OCH3 is 2. The highest BCUT2D eigenvalue weighted by atomic mass is 16.5. The van der Waals surface area contributed by atoms with Gasteiger partial charge in [-0.1, -0.05) is 30.3 Å². The van der Waals surface area contributed by atoms with Crippen LogP contribution >= 0.6 is 0 Å². The van der Waals surface area contributed by atoms with E-state index in [2.05, 4.69) is 20.6 Å². The van der Waals surface area contributed by atoms with E-state index in [-0.39, 0.29) is 11.6 Å². The lowest BCUT2D eigenvalue weighted by atomic mass is 10.2. The van der Waals surface area contributed by atoms with Gasteiger partial charge in [0, 0.05) is 18.7 Å². The number of ether oxygens (including phenoxy) is 2. The summed E-state index contributed by atoms with van der Waals surface area (Å²) < 4.78 is 10.4.